The van der Waals surface area contributed by atoms with E-state index in [1.807, 2.05) is 9.80 Å². The Morgan fingerprint density at radius 3 is 2.12 bits per heavy atom. The third kappa shape index (κ3) is 6.50. The van der Waals surface area contributed by atoms with Crippen LogP contribution in [0.1, 0.15) is 39.9 Å². The minimum Gasteiger partial charge on any atom is -0.444 e. The number of benzene rings is 1. The Morgan fingerprint density at radius 1 is 0.905 bits per heavy atom. The predicted octanol–water partition coefficient (Wildman–Crippen LogP) is 2.55. The zero-order chi connectivity index (χ0) is 30.0. The minimum absolute atomic E-state index is 0.0409. The first-order valence-corrected chi connectivity index (χ1v) is 13.9. The van der Waals surface area contributed by atoms with E-state index in [0.29, 0.717) is 75.4 Å². The third-order valence-electron chi connectivity index (χ3n) is 6.85. The van der Waals surface area contributed by atoms with Gasteiger partial charge in [-0.15, -0.1) is 0 Å². The molecule has 42 heavy (non-hydrogen) atoms. The van der Waals surface area contributed by atoms with Crippen LogP contribution in [0.15, 0.2) is 24.3 Å². The number of para-hydroxylation sites is 2. The molecule has 0 saturated carbocycles. The maximum Gasteiger partial charge on any atom is 0.408 e. The van der Waals surface area contributed by atoms with Gasteiger partial charge in [0.25, 0.3) is 6.43 Å². The standard InChI is InChI=1S/C27H35F2N9O4/c1-17(30-26(40)42-27(2,3)4)22(39)35-9-11-36(12-10-35)23-32-24(37-13-15-41-16-14-37)34-25(33-23)38-19-8-6-5-7-18(19)31-21(38)20(28)29/h5-8,17,20H,9-16H2,1-4H3,(H,30,40)/t17-/m1/s1. The number of rotatable bonds is 6. The molecule has 3 aromatic rings. The highest BCUT2D eigenvalue weighted by Crippen LogP contribution is 2.28. The molecule has 15 heteroatoms. The zero-order valence-electron chi connectivity index (χ0n) is 24.1. The smallest absolute Gasteiger partial charge is 0.408 e. The van der Waals surface area contributed by atoms with Crippen molar-refractivity contribution in [2.75, 3.05) is 62.3 Å². The molecule has 0 radical (unpaired) electrons. The zero-order valence-corrected chi connectivity index (χ0v) is 24.1. The number of anilines is 2. The van der Waals surface area contributed by atoms with Gasteiger partial charge in [0.05, 0.1) is 24.2 Å². The largest absolute Gasteiger partial charge is 0.444 e. The monoisotopic (exact) mass is 587 g/mol. The molecule has 13 nitrogen and oxygen atoms in total. The molecule has 1 N–H and O–H groups in total. The maximum absolute atomic E-state index is 14.1. The number of carbonyl (C=O) groups is 2. The lowest BCUT2D eigenvalue weighted by atomic mass is 10.2. The Kier molecular flexibility index (Phi) is 8.38. The number of hydrogen-bond acceptors (Lipinski definition) is 10. The number of imidazole rings is 1. The van der Waals surface area contributed by atoms with Gasteiger partial charge in [0.15, 0.2) is 5.82 Å². The van der Waals surface area contributed by atoms with E-state index in [4.69, 9.17) is 14.5 Å². The van der Waals surface area contributed by atoms with Crippen LogP contribution in [0.4, 0.5) is 25.5 Å². The van der Waals surface area contributed by atoms with Gasteiger partial charge in [0.1, 0.15) is 11.6 Å². The summed E-state index contributed by atoms with van der Waals surface area (Å²) in [6, 6.07) is 6.07. The van der Waals surface area contributed by atoms with Crippen LogP contribution in [-0.2, 0) is 14.3 Å². The van der Waals surface area contributed by atoms with Crippen LogP contribution in [0.3, 0.4) is 0 Å². The normalized spacial score (nSPS) is 17.1. The topological polar surface area (TPSA) is 131 Å². The Balaban J connectivity index is 1.39. The minimum atomic E-state index is -2.85. The van der Waals surface area contributed by atoms with Crippen molar-refractivity contribution < 1.29 is 27.8 Å². The molecule has 1 aromatic carbocycles. The highest BCUT2D eigenvalue weighted by atomic mass is 19.3. The molecule has 2 amide bonds. The van der Waals surface area contributed by atoms with Gasteiger partial charge in [-0.1, -0.05) is 12.1 Å². The number of nitrogens with one attached hydrogen (secondary N) is 1. The lowest BCUT2D eigenvalue weighted by Crippen LogP contribution is -2.55. The van der Waals surface area contributed by atoms with Gasteiger partial charge < -0.3 is 29.5 Å². The molecular formula is C27H35F2N9O4. The lowest BCUT2D eigenvalue weighted by Gasteiger charge is -2.36. The van der Waals surface area contributed by atoms with Crippen molar-refractivity contribution in [1.82, 2.24) is 34.7 Å². The van der Waals surface area contributed by atoms with Crippen molar-refractivity contribution in [3.63, 3.8) is 0 Å². The predicted molar refractivity (Wildman–Crippen MR) is 150 cm³/mol. The number of alkyl halides is 2. The molecular weight excluding hydrogens is 552 g/mol. The second-order valence-electron chi connectivity index (χ2n) is 11.1. The molecule has 2 saturated heterocycles. The van der Waals surface area contributed by atoms with E-state index in [1.165, 1.54) is 4.57 Å². The van der Waals surface area contributed by atoms with E-state index in [2.05, 4.69) is 20.3 Å². The molecule has 2 aliphatic rings. The number of nitrogens with zero attached hydrogens (tertiary/aromatic N) is 8. The number of carbonyl (C=O) groups excluding carboxylic acids is 2. The molecule has 4 heterocycles. The molecule has 0 bridgehead atoms. The summed E-state index contributed by atoms with van der Waals surface area (Å²) in [6.45, 7) is 10.4. The highest BCUT2D eigenvalue weighted by molar-refractivity contribution is 5.85. The fourth-order valence-corrected chi connectivity index (χ4v) is 4.84. The van der Waals surface area contributed by atoms with Gasteiger partial charge in [0.2, 0.25) is 23.8 Å². The molecule has 2 aliphatic heterocycles. The van der Waals surface area contributed by atoms with Gasteiger partial charge in [0, 0.05) is 39.3 Å². The summed E-state index contributed by atoms with van der Waals surface area (Å²) in [5, 5.41) is 2.59. The molecule has 0 aliphatic carbocycles. The molecule has 2 aromatic heterocycles. The number of alkyl carbamates (subject to hydrolysis) is 1. The maximum atomic E-state index is 14.1. The van der Waals surface area contributed by atoms with Gasteiger partial charge >= 0.3 is 6.09 Å². The number of ether oxygens (including phenoxy) is 2. The van der Waals surface area contributed by atoms with Crippen LogP contribution in [0.25, 0.3) is 17.0 Å². The summed E-state index contributed by atoms with van der Waals surface area (Å²) in [4.78, 5) is 48.7. The van der Waals surface area contributed by atoms with Crippen molar-refractivity contribution in [2.24, 2.45) is 0 Å². The SMILES string of the molecule is C[C@@H](NC(=O)OC(C)(C)C)C(=O)N1CCN(c2nc(N3CCOCC3)nc(-n3c(C(F)F)nc4ccccc43)n2)CC1. The number of halogens is 2. The molecule has 5 rings (SSSR count). The van der Waals surface area contributed by atoms with Crippen molar-refractivity contribution >= 4 is 34.9 Å². The number of morpholine rings is 1. The molecule has 226 valence electrons. The summed E-state index contributed by atoms with van der Waals surface area (Å²) in [5.41, 5.74) is 0.185. The molecule has 0 spiro atoms. The average molecular weight is 588 g/mol. The summed E-state index contributed by atoms with van der Waals surface area (Å²) in [5.74, 6) is 0.0103. The fraction of sp³-hybridized carbons (Fsp3) is 0.556. The van der Waals surface area contributed by atoms with E-state index in [1.54, 1.807) is 56.9 Å². The highest BCUT2D eigenvalue weighted by Gasteiger charge is 2.30. The van der Waals surface area contributed by atoms with Crippen molar-refractivity contribution in [3.8, 4) is 5.95 Å². The van der Waals surface area contributed by atoms with E-state index in [0.717, 1.165) is 0 Å². The van der Waals surface area contributed by atoms with Gasteiger partial charge in [-0.05, 0) is 39.8 Å². The van der Waals surface area contributed by atoms with Crippen LogP contribution in [-0.4, -0.2) is 106 Å². The van der Waals surface area contributed by atoms with E-state index in [9.17, 15) is 18.4 Å². The average Bonchev–Trinajstić information content (AvgIpc) is 3.36. The third-order valence-corrected chi connectivity index (χ3v) is 6.85. The van der Waals surface area contributed by atoms with Crippen molar-refractivity contribution in [1.29, 1.82) is 0 Å². The number of amides is 2. The summed E-state index contributed by atoms with van der Waals surface area (Å²) in [7, 11) is 0. The summed E-state index contributed by atoms with van der Waals surface area (Å²) >= 11 is 0. The molecule has 2 fully saturated rings. The second kappa shape index (κ2) is 12.0. The van der Waals surface area contributed by atoms with E-state index in [-0.39, 0.29) is 11.9 Å². The first-order valence-electron chi connectivity index (χ1n) is 13.9. The quantitative estimate of drug-likeness (QED) is 0.459. The van der Waals surface area contributed by atoms with Crippen LogP contribution >= 0.6 is 0 Å². The first kappa shape index (κ1) is 29.4. The molecule has 1 atom stereocenters. The van der Waals surface area contributed by atoms with E-state index < -0.39 is 30.0 Å². The van der Waals surface area contributed by atoms with Crippen LogP contribution < -0.4 is 15.1 Å². The first-order chi connectivity index (χ1) is 20.0. The van der Waals surface area contributed by atoms with Crippen LogP contribution in [0, 0.1) is 0 Å². The fourth-order valence-electron chi connectivity index (χ4n) is 4.84. The van der Waals surface area contributed by atoms with Crippen molar-refractivity contribution in [2.45, 2.75) is 45.8 Å². The number of aromatic nitrogens is 5. The lowest BCUT2D eigenvalue weighted by molar-refractivity contribution is -0.133. The summed E-state index contributed by atoms with van der Waals surface area (Å²) < 4.78 is 40.3. The van der Waals surface area contributed by atoms with Crippen molar-refractivity contribution in [3.05, 3.63) is 30.1 Å². The number of fused-ring (bicyclic) bond motifs is 1. The second-order valence-corrected chi connectivity index (χ2v) is 11.1. The Hall–Kier alpha value is -4.14. The van der Waals surface area contributed by atoms with Gasteiger partial charge in [-0.2, -0.15) is 15.0 Å². The van der Waals surface area contributed by atoms with Crippen LogP contribution in [0.2, 0.25) is 0 Å². The summed E-state index contributed by atoms with van der Waals surface area (Å²) in [6.07, 6.45) is -3.51. The van der Waals surface area contributed by atoms with Crippen LogP contribution in [0.5, 0.6) is 0 Å². The molecule has 0 unspecified atom stereocenters. The van der Waals surface area contributed by atoms with E-state index >= 15 is 0 Å². The van der Waals surface area contributed by atoms with Gasteiger partial charge in [-0.25, -0.2) is 18.6 Å². The Labute approximate surface area is 241 Å². The number of hydrogen-bond donors (Lipinski definition) is 1. The Morgan fingerprint density at radius 2 is 1.50 bits per heavy atom. The number of piperazine rings is 1. The Bertz CT molecular complexity index is 1430. The van der Waals surface area contributed by atoms with Gasteiger partial charge in [-0.3, -0.25) is 9.36 Å².